The van der Waals surface area contributed by atoms with Crippen LogP contribution < -0.4 is 10.6 Å². The van der Waals surface area contributed by atoms with Gasteiger partial charge in [0.15, 0.2) is 0 Å². The van der Waals surface area contributed by atoms with E-state index in [-0.39, 0.29) is 6.04 Å². The van der Waals surface area contributed by atoms with Crippen LogP contribution in [-0.4, -0.2) is 56.0 Å². The summed E-state index contributed by atoms with van der Waals surface area (Å²) in [5, 5.41) is 6.56. The number of piperazine rings is 1. The van der Waals surface area contributed by atoms with Gasteiger partial charge in [-0.1, -0.05) is 0 Å². The Morgan fingerprint density at radius 3 is 2.69 bits per heavy atom. The minimum atomic E-state index is 0.0971. The van der Waals surface area contributed by atoms with Crippen LogP contribution in [0, 0.1) is 0 Å². The summed E-state index contributed by atoms with van der Waals surface area (Å²) in [6.45, 7) is 5.39. The molecule has 0 saturated carbocycles. The predicted octanol–water partition coefficient (Wildman–Crippen LogP) is -1.18. The lowest BCUT2D eigenvalue weighted by molar-refractivity contribution is -0.109. The molecule has 2 N–H and O–H groups in total. The third-order valence-electron chi connectivity index (χ3n) is 2.97. The van der Waals surface area contributed by atoms with E-state index in [0.29, 0.717) is 6.04 Å². The molecule has 0 aromatic heterocycles. The second kappa shape index (κ2) is 4.17. The zero-order chi connectivity index (χ0) is 9.10. The summed E-state index contributed by atoms with van der Waals surface area (Å²) in [6.07, 6.45) is 2.02. The van der Waals surface area contributed by atoms with E-state index in [2.05, 4.69) is 15.5 Å². The van der Waals surface area contributed by atoms with Crippen LogP contribution in [0.1, 0.15) is 6.42 Å². The van der Waals surface area contributed by atoms with Crippen LogP contribution in [0.15, 0.2) is 0 Å². The zero-order valence-electron chi connectivity index (χ0n) is 7.83. The summed E-state index contributed by atoms with van der Waals surface area (Å²) in [5.74, 6) is 0. The van der Waals surface area contributed by atoms with Crippen molar-refractivity contribution in [2.24, 2.45) is 0 Å². The first-order chi connectivity index (χ1) is 6.40. The number of nitrogens with one attached hydrogen (secondary N) is 2. The first-order valence-electron chi connectivity index (χ1n) is 5.03. The largest absolute Gasteiger partial charge is 0.314 e. The molecule has 0 spiro atoms. The van der Waals surface area contributed by atoms with Gasteiger partial charge in [-0.2, -0.15) is 0 Å². The van der Waals surface area contributed by atoms with Crippen molar-refractivity contribution in [1.82, 2.24) is 15.5 Å². The second-order valence-electron chi connectivity index (χ2n) is 3.83. The number of carbonyl (C=O) groups excluding carboxylic acids is 1. The highest BCUT2D eigenvalue weighted by molar-refractivity contribution is 5.58. The molecule has 13 heavy (non-hydrogen) atoms. The van der Waals surface area contributed by atoms with Crippen molar-refractivity contribution in [3.63, 3.8) is 0 Å². The average Bonchev–Trinajstić information content (AvgIpc) is 2.67. The molecule has 2 rings (SSSR count). The lowest BCUT2D eigenvalue weighted by Crippen LogP contribution is -2.49. The van der Waals surface area contributed by atoms with Gasteiger partial charge in [-0.3, -0.25) is 4.90 Å². The van der Waals surface area contributed by atoms with E-state index in [1.54, 1.807) is 0 Å². The fraction of sp³-hybridized carbons (Fsp3) is 0.889. The molecule has 74 valence electrons. The first kappa shape index (κ1) is 9.12. The van der Waals surface area contributed by atoms with Crippen molar-refractivity contribution in [3.8, 4) is 0 Å². The number of rotatable bonds is 2. The maximum atomic E-state index is 10.5. The van der Waals surface area contributed by atoms with Crippen LogP contribution >= 0.6 is 0 Å². The standard InChI is InChI=1S/C9H17N3O/c13-7-8-5-9(6-11-8)12-3-1-10-2-4-12/h7-11H,1-6H2/t8-,9-/m0/s1. The SMILES string of the molecule is O=C[C@@H]1C[C@H](N2CCNCC2)CN1. The second-order valence-corrected chi connectivity index (χ2v) is 3.83. The molecule has 2 saturated heterocycles. The summed E-state index contributed by atoms with van der Waals surface area (Å²) in [4.78, 5) is 13.0. The molecule has 2 heterocycles. The van der Waals surface area contributed by atoms with Gasteiger partial charge in [0.05, 0.1) is 6.04 Å². The van der Waals surface area contributed by atoms with E-state index >= 15 is 0 Å². The van der Waals surface area contributed by atoms with Gasteiger partial charge >= 0.3 is 0 Å². The van der Waals surface area contributed by atoms with Gasteiger partial charge in [0, 0.05) is 38.8 Å². The van der Waals surface area contributed by atoms with Crippen LogP contribution in [-0.2, 0) is 4.79 Å². The van der Waals surface area contributed by atoms with Crippen molar-refractivity contribution in [2.45, 2.75) is 18.5 Å². The quantitative estimate of drug-likeness (QED) is 0.529. The molecule has 2 atom stereocenters. The summed E-state index contributed by atoms with van der Waals surface area (Å²) in [7, 11) is 0. The summed E-state index contributed by atoms with van der Waals surface area (Å²) in [5.41, 5.74) is 0. The van der Waals surface area contributed by atoms with Gasteiger partial charge in [-0.15, -0.1) is 0 Å². The van der Waals surface area contributed by atoms with Crippen molar-refractivity contribution in [3.05, 3.63) is 0 Å². The minimum Gasteiger partial charge on any atom is -0.314 e. The maximum Gasteiger partial charge on any atom is 0.136 e. The summed E-state index contributed by atoms with van der Waals surface area (Å²) in [6, 6.07) is 0.678. The van der Waals surface area contributed by atoms with Gasteiger partial charge < -0.3 is 15.4 Å². The van der Waals surface area contributed by atoms with Crippen LogP contribution in [0.25, 0.3) is 0 Å². The molecule has 2 aliphatic rings. The van der Waals surface area contributed by atoms with Crippen LogP contribution in [0.2, 0.25) is 0 Å². The molecule has 0 bridgehead atoms. The van der Waals surface area contributed by atoms with Gasteiger partial charge in [0.1, 0.15) is 6.29 Å². The van der Waals surface area contributed by atoms with E-state index in [9.17, 15) is 4.79 Å². The van der Waals surface area contributed by atoms with Crippen molar-refractivity contribution in [1.29, 1.82) is 0 Å². The average molecular weight is 183 g/mol. The lowest BCUT2D eigenvalue weighted by atomic mass is 10.1. The Bertz CT molecular complexity index is 180. The number of aldehydes is 1. The van der Waals surface area contributed by atoms with E-state index in [1.165, 1.54) is 0 Å². The van der Waals surface area contributed by atoms with Gasteiger partial charge in [-0.05, 0) is 6.42 Å². The van der Waals surface area contributed by atoms with E-state index in [0.717, 1.165) is 45.4 Å². The Morgan fingerprint density at radius 1 is 1.31 bits per heavy atom. The Kier molecular flexibility index (Phi) is 2.93. The van der Waals surface area contributed by atoms with Gasteiger partial charge in [0.2, 0.25) is 0 Å². The number of nitrogens with zero attached hydrogens (tertiary/aromatic N) is 1. The number of carbonyl (C=O) groups is 1. The minimum absolute atomic E-state index is 0.0971. The van der Waals surface area contributed by atoms with Crippen LogP contribution in [0.5, 0.6) is 0 Å². The molecule has 2 aliphatic heterocycles. The van der Waals surface area contributed by atoms with Crippen LogP contribution in [0.4, 0.5) is 0 Å². The highest BCUT2D eigenvalue weighted by Crippen LogP contribution is 2.12. The molecule has 0 aliphatic carbocycles. The monoisotopic (exact) mass is 183 g/mol. The molecule has 0 aromatic rings. The van der Waals surface area contributed by atoms with Gasteiger partial charge in [-0.25, -0.2) is 0 Å². The Balaban J connectivity index is 1.83. The van der Waals surface area contributed by atoms with E-state index in [4.69, 9.17) is 0 Å². The van der Waals surface area contributed by atoms with Crippen molar-refractivity contribution >= 4 is 6.29 Å². The molecule has 0 radical (unpaired) electrons. The first-order valence-corrected chi connectivity index (χ1v) is 5.03. The predicted molar refractivity (Wildman–Crippen MR) is 50.7 cm³/mol. The lowest BCUT2D eigenvalue weighted by Gasteiger charge is -2.32. The molecule has 4 nitrogen and oxygen atoms in total. The van der Waals surface area contributed by atoms with Crippen molar-refractivity contribution < 1.29 is 4.79 Å². The normalized spacial score (nSPS) is 36.3. The van der Waals surface area contributed by atoms with E-state index < -0.39 is 0 Å². The zero-order valence-corrected chi connectivity index (χ0v) is 7.83. The highest BCUT2D eigenvalue weighted by atomic mass is 16.1. The van der Waals surface area contributed by atoms with Crippen LogP contribution in [0.3, 0.4) is 0 Å². The molecule has 0 aromatic carbocycles. The highest BCUT2D eigenvalue weighted by Gasteiger charge is 2.28. The molecule has 4 heteroatoms. The summed E-state index contributed by atoms with van der Waals surface area (Å²) < 4.78 is 0. The molecule has 2 fully saturated rings. The fourth-order valence-corrected chi connectivity index (χ4v) is 2.18. The van der Waals surface area contributed by atoms with Gasteiger partial charge in [0.25, 0.3) is 0 Å². The Labute approximate surface area is 78.7 Å². The topological polar surface area (TPSA) is 44.4 Å². The Hall–Kier alpha value is -0.450. The third kappa shape index (κ3) is 2.07. The molecule has 0 amide bonds. The van der Waals surface area contributed by atoms with Crippen molar-refractivity contribution in [2.75, 3.05) is 32.7 Å². The maximum absolute atomic E-state index is 10.5. The smallest absolute Gasteiger partial charge is 0.136 e. The number of hydrogen-bond donors (Lipinski definition) is 2. The number of hydrogen-bond acceptors (Lipinski definition) is 4. The molecule has 0 unspecified atom stereocenters. The Morgan fingerprint density at radius 2 is 2.08 bits per heavy atom. The summed E-state index contributed by atoms with van der Waals surface area (Å²) >= 11 is 0. The third-order valence-corrected chi connectivity index (χ3v) is 2.97. The van der Waals surface area contributed by atoms with E-state index in [1.807, 2.05) is 0 Å². The fourth-order valence-electron chi connectivity index (χ4n) is 2.18. The molecular formula is C9H17N3O. The molecular weight excluding hydrogens is 166 g/mol.